The molecule has 0 saturated heterocycles. The Morgan fingerprint density at radius 3 is 2.60 bits per heavy atom. The average molecular weight is 446 g/mol. The van der Waals surface area contributed by atoms with Gasteiger partial charge in [-0.2, -0.15) is 0 Å². The fraction of sp³-hybridized carbons (Fsp3) is 0.286. The van der Waals surface area contributed by atoms with Gasteiger partial charge in [-0.1, -0.05) is 18.7 Å². The molecule has 0 spiro atoms. The van der Waals surface area contributed by atoms with Crippen LogP contribution in [-0.2, 0) is 14.8 Å². The Balaban J connectivity index is 2.20. The van der Waals surface area contributed by atoms with Gasteiger partial charge in [-0.3, -0.25) is 4.79 Å². The molecule has 0 aliphatic heterocycles. The number of Topliss-reactive ketones (excluding diaryl/α,β-unsaturated/α-hetero) is 1. The van der Waals surface area contributed by atoms with E-state index in [1.165, 1.54) is 30.1 Å². The van der Waals surface area contributed by atoms with Crippen molar-refractivity contribution in [2.45, 2.75) is 35.6 Å². The van der Waals surface area contributed by atoms with E-state index in [-0.39, 0.29) is 16.1 Å². The first-order chi connectivity index (χ1) is 11.7. The van der Waals surface area contributed by atoms with E-state index in [1.54, 1.807) is 13.1 Å². The molecule has 0 amide bonds. The summed E-state index contributed by atoms with van der Waals surface area (Å²) in [6.45, 7) is 3.49. The second kappa shape index (κ2) is 8.21. The van der Waals surface area contributed by atoms with Gasteiger partial charge in [0, 0.05) is 6.20 Å². The van der Waals surface area contributed by atoms with Crippen molar-refractivity contribution in [2.75, 3.05) is 5.32 Å². The number of halogens is 1. The molecule has 0 aromatic carbocycles. The van der Waals surface area contributed by atoms with Crippen LogP contribution in [0.3, 0.4) is 0 Å². The van der Waals surface area contributed by atoms with Crippen molar-refractivity contribution in [3.63, 3.8) is 0 Å². The highest BCUT2D eigenvalue weighted by Gasteiger charge is 2.17. The molecule has 3 N–H and O–H groups in total. The summed E-state index contributed by atoms with van der Waals surface area (Å²) in [5.41, 5.74) is 0.504. The molecule has 2 aromatic heterocycles. The Labute approximate surface area is 158 Å². The Morgan fingerprint density at radius 1 is 1.36 bits per heavy atom. The van der Waals surface area contributed by atoms with E-state index in [9.17, 15) is 13.2 Å². The van der Waals surface area contributed by atoms with Crippen molar-refractivity contribution >= 4 is 55.1 Å². The summed E-state index contributed by atoms with van der Waals surface area (Å²) in [6.07, 6.45) is 3.59. The van der Waals surface area contributed by atoms with Crippen LogP contribution in [0.1, 0.15) is 20.3 Å². The summed E-state index contributed by atoms with van der Waals surface area (Å²) < 4.78 is 23.1. The SMILES string of the molecule is CCC(Sc1nc(Nc2ccc(S(N)(=O)=O)nc2)ncc1Br)C(C)=O. The molecule has 11 heteroatoms. The number of anilines is 2. The number of hydrogen-bond donors (Lipinski definition) is 2. The topological polar surface area (TPSA) is 128 Å². The van der Waals surface area contributed by atoms with Crippen LogP contribution in [0.25, 0.3) is 0 Å². The van der Waals surface area contributed by atoms with Gasteiger partial charge in [-0.05, 0) is 41.4 Å². The Hall–Kier alpha value is -1.56. The number of primary sulfonamides is 1. The Morgan fingerprint density at radius 2 is 2.08 bits per heavy atom. The average Bonchev–Trinajstić information content (AvgIpc) is 2.54. The van der Waals surface area contributed by atoms with Crippen molar-refractivity contribution in [1.29, 1.82) is 0 Å². The quantitative estimate of drug-likeness (QED) is 0.491. The van der Waals surface area contributed by atoms with Crippen molar-refractivity contribution in [3.05, 3.63) is 29.0 Å². The molecule has 25 heavy (non-hydrogen) atoms. The minimum absolute atomic E-state index is 0.0790. The molecule has 0 saturated carbocycles. The highest BCUT2D eigenvalue weighted by molar-refractivity contribution is 9.10. The van der Waals surface area contributed by atoms with Gasteiger partial charge < -0.3 is 5.32 Å². The van der Waals surface area contributed by atoms with Crippen molar-refractivity contribution in [1.82, 2.24) is 15.0 Å². The minimum atomic E-state index is -3.84. The van der Waals surface area contributed by atoms with Crippen LogP contribution < -0.4 is 10.5 Å². The third-order valence-corrected chi connectivity index (χ3v) is 6.23. The molecule has 8 nitrogen and oxygen atoms in total. The van der Waals surface area contributed by atoms with Gasteiger partial charge in [0.05, 0.1) is 21.6 Å². The van der Waals surface area contributed by atoms with Crippen LogP contribution in [0, 0.1) is 0 Å². The van der Waals surface area contributed by atoms with Gasteiger partial charge in [-0.25, -0.2) is 28.5 Å². The molecular weight excluding hydrogens is 430 g/mol. The summed E-state index contributed by atoms with van der Waals surface area (Å²) in [7, 11) is -3.84. The number of nitrogens with one attached hydrogen (secondary N) is 1. The number of sulfonamides is 1. The number of nitrogens with two attached hydrogens (primary N) is 1. The van der Waals surface area contributed by atoms with E-state index < -0.39 is 10.0 Å². The summed E-state index contributed by atoms with van der Waals surface area (Å²) in [5.74, 6) is 0.379. The Kier molecular flexibility index (Phi) is 6.49. The third kappa shape index (κ3) is 5.46. The number of pyridine rings is 1. The zero-order chi connectivity index (χ0) is 18.6. The number of nitrogens with zero attached hydrogens (tertiary/aromatic N) is 3. The second-order valence-electron chi connectivity index (χ2n) is 5.03. The van der Waals surface area contributed by atoms with Gasteiger partial charge in [0.1, 0.15) is 10.8 Å². The molecule has 0 aliphatic rings. The third-order valence-electron chi connectivity index (χ3n) is 3.07. The number of carbonyl (C=O) groups excluding carboxylic acids is 1. The van der Waals surface area contributed by atoms with Crippen LogP contribution in [-0.4, -0.2) is 34.4 Å². The zero-order valence-electron chi connectivity index (χ0n) is 13.4. The predicted octanol–water partition coefficient (Wildman–Crippen LogP) is 2.48. The lowest BCUT2D eigenvalue weighted by Crippen LogP contribution is -2.14. The molecule has 134 valence electrons. The minimum Gasteiger partial charge on any atom is -0.323 e. The van der Waals surface area contributed by atoms with Crippen LogP contribution >= 0.6 is 27.7 Å². The van der Waals surface area contributed by atoms with Gasteiger partial charge in [0.15, 0.2) is 5.03 Å². The van der Waals surface area contributed by atoms with Gasteiger partial charge in [0.2, 0.25) is 5.95 Å². The predicted molar refractivity (Wildman–Crippen MR) is 99.2 cm³/mol. The molecular formula is C14H16BrN5O3S2. The fourth-order valence-electron chi connectivity index (χ4n) is 1.83. The summed E-state index contributed by atoms with van der Waals surface area (Å²) in [5, 5.41) is 8.16. The maximum absolute atomic E-state index is 11.6. The van der Waals surface area contributed by atoms with Crippen molar-refractivity contribution in [3.8, 4) is 0 Å². The molecule has 0 radical (unpaired) electrons. The van der Waals surface area contributed by atoms with Crippen LogP contribution in [0.5, 0.6) is 0 Å². The van der Waals surface area contributed by atoms with Crippen molar-refractivity contribution in [2.24, 2.45) is 5.14 Å². The Bertz CT molecular complexity index is 875. The first-order valence-corrected chi connectivity index (χ1v) is 10.4. The lowest BCUT2D eigenvalue weighted by atomic mass is 10.2. The van der Waals surface area contributed by atoms with E-state index in [4.69, 9.17) is 5.14 Å². The number of ketones is 1. The van der Waals surface area contributed by atoms with E-state index >= 15 is 0 Å². The first kappa shape index (κ1) is 19.8. The molecule has 2 aromatic rings. The van der Waals surface area contributed by atoms with Gasteiger partial charge >= 0.3 is 0 Å². The van der Waals surface area contributed by atoms with Gasteiger partial charge in [0.25, 0.3) is 10.0 Å². The second-order valence-corrected chi connectivity index (χ2v) is 8.58. The lowest BCUT2D eigenvalue weighted by molar-refractivity contribution is -0.116. The number of rotatable bonds is 7. The number of aromatic nitrogens is 3. The van der Waals surface area contributed by atoms with Crippen LogP contribution in [0.2, 0.25) is 0 Å². The first-order valence-electron chi connectivity index (χ1n) is 7.16. The monoisotopic (exact) mass is 445 g/mol. The van der Waals surface area contributed by atoms with Gasteiger partial charge in [-0.15, -0.1) is 0 Å². The number of carbonyl (C=O) groups is 1. The van der Waals surface area contributed by atoms with E-state index in [2.05, 4.69) is 36.2 Å². The zero-order valence-corrected chi connectivity index (χ0v) is 16.7. The molecule has 0 bridgehead atoms. The maximum Gasteiger partial charge on any atom is 0.255 e. The molecule has 1 atom stereocenters. The molecule has 0 fully saturated rings. The van der Waals surface area contributed by atoms with Crippen molar-refractivity contribution < 1.29 is 13.2 Å². The molecule has 1 unspecified atom stereocenters. The molecule has 2 rings (SSSR count). The molecule has 2 heterocycles. The van der Waals surface area contributed by atoms with E-state index in [0.29, 0.717) is 27.6 Å². The van der Waals surface area contributed by atoms with E-state index in [1.807, 2.05) is 6.92 Å². The summed E-state index contributed by atoms with van der Waals surface area (Å²) in [6, 6.07) is 2.80. The fourth-order valence-corrected chi connectivity index (χ4v) is 3.67. The smallest absolute Gasteiger partial charge is 0.255 e. The number of hydrogen-bond acceptors (Lipinski definition) is 8. The summed E-state index contributed by atoms with van der Waals surface area (Å²) in [4.78, 5) is 23.9. The normalized spacial score (nSPS) is 12.6. The molecule has 0 aliphatic carbocycles. The maximum atomic E-state index is 11.6. The lowest BCUT2D eigenvalue weighted by Gasteiger charge is -2.12. The largest absolute Gasteiger partial charge is 0.323 e. The van der Waals surface area contributed by atoms with E-state index in [0.717, 1.165) is 0 Å². The van der Waals surface area contributed by atoms with Crippen LogP contribution in [0.4, 0.5) is 11.6 Å². The number of thioether (sulfide) groups is 1. The highest BCUT2D eigenvalue weighted by Crippen LogP contribution is 2.31. The highest BCUT2D eigenvalue weighted by atomic mass is 79.9. The summed E-state index contributed by atoms with van der Waals surface area (Å²) >= 11 is 4.73. The van der Waals surface area contributed by atoms with Crippen LogP contribution in [0.15, 0.2) is 39.1 Å². The standard InChI is InChI=1S/C14H16BrN5O3S2/c1-3-11(8(2)21)24-13-10(15)7-18-14(20-13)19-9-4-5-12(17-6-9)25(16,22)23/h4-7,11H,3H2,1-2H3,(H2,16,22,23)(H,18,19,20).